The Hall–Kier alpha value is -2.61. The predicted octanol–water partition coefficient (Wildman–Crippen LogP) is 4.85. The number of carbonyl (C=O) groups is 1. The third-order valence-electron chi connectivity index (χ3n) is 3.87. The fourth-order valence-corrected chi connectivity index (χ4v) is 2.85. The Kier molecular flexibility index (Phi) is 3.92. The monoisotopic (exact) mass is 290 g/mol. The summed E-state index contributed by atoms with van der Waals surface area (Å²) < 4.78 is 6.05. The molecule has 0 fully saturated rings. The molecular weight excluding hydrogens is 272 g/mol. The van der Waals surface area contributed by atoms with Crippen molar-refractivity contribution in [2.75, 3.05) is 0 Å². The van der Waals surface area contributed by atoms with Gasteiger partial charge in [-0.2, -0.15) is 0 Å². The number of fused-ring (bicyclic) bond motifs is 1. The molecule has 0 radical (unpaired) electrons. The van der Waals surface area contributed by atoms with Crippen molar-refractivity contribution >= 4 is 17.1 Å². The van der Waals surface area contributed by atoms with Gasteiger partial charge in [0.15, 0.2) is 0 Å². The lowest BCUT2D eigenvalue weighted by Crippen LogP contribution is -2.00. The van der Waals surface area contributed by atoms with Gasteiger partial charge >= 0.3 is 0 Å². The minimum absolute atomic E-state index is 0.517. The van der Waals surface area contributed by atoms with E-state index >= 15 is 0 Å². The molecule has 0 aliphatic carbocycles. The lowest BCUT2D eigenvalue weighted by atomic mass is 10.0. The van der Waals surface area contributed by atoms with E-state index in [9.17, 15) is 4.79 Å². The zero-order chi connectivity index (χ0) is 15.5. The van der Waals surface area contributed by atoms with Crippen molar-refractivity contribution in [2.24, 2.45) is 0 Å². The van der Waals surface area contributed by atoms with Gasteiger partial charge in [-0.3, -0.25) is 4.79 Å². The van der Waals surface area contributed by atoms with Gasteiger partial charge in [-0.05, 0) is 53.4 Å². The molecule has 0 saturated heterocycles. The van der Waals surface area contributed by atoms with Gasteiger partial charge in [0, 0.05) is 5.56 Å². The van der Waals surface area contributed by atoms with Crippen LogP contribution < -0.4 is 4.74 Å². The summed E-state index contributed by atoms with van der Waals surface area (Å²) in [6.45, 7) is 4.46. The van der Waals surface area contributed by atoms with Crippen LogP contribution in [0.15, 0.2) is 54.6 Å². The molecule has 110 valence electrons. The van der Waals surface area contributed by atoms with Crippen LogP contribution in [-0.4, -0.2) is 6.29 Å². The molecule has 3 aromatic rings. The van der Waals surface area contributed by atoms with Crippen LogP contribution in [0.25, 0.3) is 10.8 Å². The van der Waals surface area contributed by atoms with E-state index in [0.717, 1.165) is 28.7 Å². The van der Waals surface area contributed by atoms with Crippen molar-refractivity contribution in [1.82, 2.24) is 0 Å². The van der Waals surface area contributed by atoms with Crippen LogP contribution in [0.3, 0.4) is 0 Å². The van der Waals surface area contributed by atoms with Crippen LogP contribution in [0.5, 0.6) is 5.75 Å². The van der Waals surface area contributed by atoms with Gasteiger partial charge in [-0.1, -0.05) is 42.5 Å². The third kappa shape index (κ3) is 2.73. The highest BCUT2D eigenvalue weighted by molar-refractivity contribution is 5.85. The van der Waals surface area contributed by atoms with Crippen molar-refractivity contribution < 1.29 is 9.53 Å². The molecule has 0 N–H and O–H groups in total. The van der Waals surface area contributed by atoms with Crippen LogP contribution in [0.4, 0.5) is 0 Å². The van der Waals surface area contributed by atoms with E-state index in [1.54, 1.807) is 0 Å². The average Bonchev–Trinajstić information content (AvgIpc) is 2.54. The highest BCUT2D eigenvalue weighted by atomic mass is 16.5. The molecule has 3 rings (SSSR count). The number of hydrogen-bond donors (Lipinski definition) is 0. The number of hydrogen-bond acceptors (Lipinski definition) is 2. The van der Waals surface area contributed by atoms with Crippen molar-refractivity contribution in [3.05, 3.63) is 76.9 Å². The fourth-order valence-electron chi connectivity index (χ4n) is 2.85. The highest BCUT2D eigenvalue weighted by Crippen LogP contribution is 2.26. The van der Waals surface area contributed by atoms with Crippen molar-refractivity contribution in [1.29, 1.82) is 0 Å². The molecule has 0 atom stereocenters. The lowest BCUT2D eigenvalue weighted by Gasteiger charge is -2.14. The van der Waals surface area contributed by atoms with Crippen molar-refractivity contribution in [2.45, 2.75) is 20.5 Å². The Balaban J connectivity index is 1.90. The van der Waals surface area contributed by atoms with Gasteiger partial charge in [0.05, 0.1) is 0 Å². The molecule has 0 aliphatic rings. The lowest BCUT2D eigenvalue weighted by molar-refractivity contribution is 0.112. The SMILES string of the molecule is Cc1cc(C=O)cc(C)c1OCc1cccc2ccccc12. The van der Waals surface area contributed by atoms with E-state index in [-0.39, 0.29) is 0 Å². The summed E-state index contributed by atoms with van der Waals surface area (Å²) >= 11 is 0. The number of aldehydes is 1. The second-order valence-corrected chi connectivity index (χ2v) is 5.53. The summed E-state index contributed by atoms with van der Waals surface area (Å²) in [4.78, 5) is 10.9. The summed E-state index contributed by atoms with van der Waals surface area (Å²) in [6.07, 6.45) is 0.870. The van der Waals surface area contributed by atoms with E-state index in [4.69, 9.17) is 4.74 Å². The first-order valence-corrected chi connectivity index (χ1v) is 7.35. The molecule has 2 heteroatoms. The first-order chi connectivity index (χ1) is 10.7. The van der Waals surface area contributed by atoms with Crippen molar-refractivity contribution in [3.63, 3.8) is 0 Å². The predicted molar refractivity (Wildman–Crippen MR) is 89.6 cm³/mol. The number of ether oxygens (including phenoxy) is 1. The Morgan fingerprint density at radius 3 is 2.36 bits per heavy atom. The molecule has 0 spiro atoms. The average molecular weight is 290 g/mol. The van der Waals surface area contributed by atoms with Gasteiger partial charge in [0.25, 0.3) is 0 Å². The third-order valence-corrected chi connectivity index (χ3v) is 3.87. The fraction of sp³-hybridized carbons (Fsp3) is 0.150. The van der Waals surface area contributed by atoms with Gasteiger partial charge < -0.3 is 4.74 Å². The standard InChI is InChI=1S/C20H18O2/c1-14-10-16(12-21)11-15(2)20(14)22-13-18-8-5-7-17-6-3-4-9-19(17)18/h3-12H,13H2,1-2H3. The molecule has 0 aromatic heterocycles. The van der Waals surface area contributed by atoms with Gasteiger partial charge in [-0.25, -0.2) is 0 Å². The maximum absolute atomic E-state index is 10.9. The van der Waals surface area contributed by atoms with Crippen LogP contribution in [0.2, 0.25) is 0 Å². The normalized spacial score (nSPS) is 10.6. The van der Waals surface area contributed by atoms with E-state index in [2.05, 4.69) is 30.3 Å². The molecular formula is C20H18O2. The van der Waals surface area contributed by atoms with Gasteiger partial charge in [0.2, 0.25) is 0 Å². The largest absolute Gasteiger partial charge is 0.488 e. The molecule has 3 aromatic carbocycles. The summed E-state index contributed by atoms with van der Waals surface area (Å²) in [6, 6.07) is 18.3. The number of benzene rings is 3. The number of carbonyl (C=O) groups excluding carboxylic acids is 1. The Labute approximate surface area is 130 Å². The highest BCUT2D eigenvalue weighted by Gasteiger charge is 2.08. The molecule has 0 heterocycles. The van der Waals surface area contributed by atoms with Crippen LogP contribution in [-0.2, 0) is 6.61 Å². The maximum atomic E-state index is 10.9. The van der Waals surface area contributed by atoms with Gasteiger partial charge in [-0.15, -0.1) is 0 Å². The summed E-state index contributed by atoms with van der Waals surface area (Å²) in [7, 11) is 0. The smallest absolute Gasteiger partial charge is 0.150 e. The summed E-state index contributed by atoms with van der Waals surface area (Å²) in [5.41, 5.74) is 3.83. The Morgan fingerprint density at radius 1 is 0.955 bits per heavy atom. The molecule has 0 bridgehead atoms. The van der Waals surface area contributed by atoms with Crippen molar-refractivity contribution in [3.8, 4) is 5.75 Å². The minimum Gasteiger partial charge on any atom is -0.488 e. The molecule has 0 unspecified atom stereocenters. The van der Waals surface area contributed by atoms with E-state index in [1.807, 2.05) is 38.1 Å². The first-order valence-electron chi connectivity index (χ1n) is 7.35. The van der Waals surface area contributed by atoms with E-state index < -0.39 is 0 Å². The Bertz CT molecular complexity index is 806. The molecule has 0 saturated carbocycles. The maximum Gasteiger partial charge on any atom is 0.150 e. The zero-order valence-electron chi connectivity index (χ0n) is 12.8. The second-order valence-electron chi connectivity index (χ2n) is 5.53. The molecule has 22 heavy (non-hydrogen) atoms. The van der Waals surface area contributed by atoms with E-state index in [0.29, 0.717) is 12.2 Å². The minimum atomic E-state index is 0.517. The molecule has 2 nitrogen and oxygen atoms in total. The summed E-state index contributed by atoms with van der Waals surface area (Å²) in [5, 5.41) is 2.43. The summed E-state index contributed by atoms with van der Waals surface area (Å²) in [5.74, 6) is 0.860. The number of aryl methyl sites for hydroxylation is 2. The Morgan fingerprint density at radius 2 is 1.64 bits per heavy atom. The second kappa shape index (κ2) is 6.02. The van der Waals surface area contributed by atoms with Crippen LogP contribution in [0, 0.1) is 13.8 Å². The topological polar surface area (TPSA) is 26.3 Å². The van der Waals surface area contributed by atoms with Crippen LogP contribution in [0.1, 0.15) is 27.0 Å². The molecule has 0 amide bonds. The van der Waals surface area contributed by atoms with Crippen LogP contribution >= 0.6 is 0 Å². The quantitative estimate of drug-likeness (QED) is 0.642. The molecule has 0 aliphatic heterocycles. The first kappa shape index (κ1) is 14.3. The zero-order valence-corrected chi connectivity index (χ0v) is 12.8. The number of rotatable bonds is 4. The van der Waals surface area contributed by atoms with E-state index in [1.165, 1.54) is 10.8 Å². The van der Waals surface area contributed by atoms with Gasteiger partial charge in [0.1, 0.15) is 18.6 Å².